The van der Waals surface area contributed by atoms with Gasteiger partial charge in [-0.05, 0) is 31.7 Å². The van der Waals surface area contributed by atoms with Crippen molar-refractivity contribution in [1.29, 1.82) is 0 Å². The maximum absolute atomic E-state index is 11.2. The minimum absolute atomic E-state index is 0.274. The van der Waals surface area contributed by atoms with Crippen LogP contribution in [0.2, 0.25) is 0 Å². The Morgan fingerprint density at radius 2 is 2.12 bits per heavy atom. The average Bonchev–Trinajstić information content (AvgIpc) is 2.26. The lowest BCUT2D eigenvalue weighted by Gasteiger charge is -2.37. The molecule has 0 bridgehead atoms. The average molecular weight is 227 g/mol. The number of carbonyl (C=O) groups excluding carboxylic acids is 1. The molecular formula is C12H25N3O. The molecule has 2 amide bonds. The first-order chi connectivity index (χ1) is 7.67. The molecule has 1 fully saturated rings. The van der Waals surface area contributed by atoms with E-state index in [1.807, 2.05) is 0 Å². The van der Waals surface area contributed by atoms with Crippen LogP contribution < -0.4 is 11.1 Å². The summed E-state index contributed by atoms with van der Waals surface area (Å²) in [5.74, 6) is 0.612. The number of rotatable bonds is 5. The number of carbonyl (C=O) groups is 1. The Morgan fingerprint density at radius 3 is 2.69 bits per heavy atom. The molecular weight excluding hydrogens is 202 g/mol. The minimum Gasteiger partial charge on any atom is -0.351 e. The van der Waals surface area contributed by atoms with Crippen molar-refractivity contribution in [2.45, 2.75) is 45.6 Å². The molecule has 0 spiro atoms. The van der Waals surface area contributed by atoms with Gasteiger partial charge in [-0.1, -0.05) is 20.3 Å². The molecule has 1 heterocycles. The lowest BCUT2D eigenvalue weighted by molar-refractivity contribution is 0.149. The molecule has 0 radical (unpaired) electrons. The lowest BCUT2D eigenvalue weighted by atomic mass is 9.90. The van der Waals surface area contributed by atoms with Crippen LogP contribution in [0.25, 0.3) is 0 Å². The Bertz CT molecular complexity index is 220. The number of nitrogens with zero attached hydrogens (tertiary/aromatic N) is 1. The predicted octanol–water partition coefficient (Wildman–Crippen LogP) is 1.56. The number of hydrogen-bond donors (Lipinski definition) is 2. The van der Waals surface area contributed by atoms with Gasteiger partial charge in [-0.25, -0.2) is 4.79 Å². The molecule has 3 N–H and O–H groups in total. The first-order valence-electron chi connectivity index (χ1n) is 6.45. The highest BCUT2D eigenvalue weighted by atomic mass is 16.2. The summed E-state index contributed by atoms with van der Waals surface area (Å²) in [5.41, 5.74) is 5.38. The van der Waals surface area contributed by atoms with Gasteiger partial charge in [-0.2, -0.15) is 0 Å². The summed E-state index contributed by atoms with van der Waals surface area (Å²) in [4.78, 5) is 13.0. The topological polar surface area (TPSA) is 58.4 Å². The number of nitrogens with one attached hydrogen (secondary N) is 1. The van der Waals surface area contributed by atoms with Gasteiger partial charge in [0.25, 0.3) is 0 Å². The number of nitrogens with two attached hydrogens (primary N) is 1. The standard InChI is InChI=1S/C12H25N3O/c1-3-5-10-7-11(14-6-4-2)9-15(8-10)12(13)16/h10-11,14H,3-9H2,1-2H3,(H2,13,16). The maximum atomic E-state index is 11.2. The highest BCUT2D eigenvalue weighted by Crippen LogP contribution is 2.21. The van der Waals surface area contributed by atoms with E-state index in [2.05, 4.69) is 19.2 Å². The van der Waals surface area contributed by atoms with Crippen LogP contribution >= 0.6 is 0 Å². The van der Waals surface area contributed by atoms with Gasteiger partial charge >= 0.3 is 6.03 Å². The highest BCUT2D eigenvalue weighted by Gasteiger charge is 2.27. The third-order valence-corrected chi connectivity index (χ3v) is 3.23. The summed E-state index contributed by atoms with van der Waals surface area (Å²) in [6.07, 6.45) is 4.68. The minimum atomic E-state index is -0.274. The quantitative estimate of drug-likeness (QED) is 0.748. The van der Waals surface area contributed by atoms with E-state index in [1.54, 1.807) is 4.90 Å². The molecule has 4 heteroatoms. The van der Waals surface area contributed by atoms with E-state index in [1.165, 1.54) is 19.3 Å². The third kappa shape index (κ3) is 4.00. The fraction of sp³-hybridized carbons (Fsp3) is 0.917. The van der Waals surface area contributed by atoms with E-state index in [0.29, 0.717) is 12.0 Å². The Hall–Kier alpha value is -0.770. The monoisotopic (exact) mass is 227 g/mol. The normalized spacial score (nSPS) is 25.8. The summed E-state index contributed by atoms with van der Waals surface area (Å²) < 4.78 is 0. The highest BCUT2D eigenvalue weighted by molar-refractivity contribution is 5.72. The number of piperidine rings is 1. The molecule has 1 aliphatic rings. The van der Waals surface area contributed by atoms with Crippen molar-refractivity contribution < 1.29 is 4.79 Å². The smallest absolute Gasteiger partial charge is 0.314 e. The first-order valence-corrected chi connectivity index (χ1v) is 6.45. The maximum Gasteiger partial charge on any atom is 0.314 e. The molecule has 1 saturated heterocycles. The van der Waals surface area contributed by atoms with Crippen LogP contribution in [0.15, 0.2) is 0 Å². The first kappa shape index (κ1) is 13.3. The molecule has 94 valence electrons. The number of urea groups is 1. The molecule has 1 rings (SSSR count). The number of amides is 2. The molecule has 0 aromatic heterocycles. The summed E-state index contributed by atoms with van der Waals surface area (Å²) in [6, 6.07) is 0.154. The zero-order valence-corrected chi connectivity index (χ0v) is 10.5. The van der Waals surface area contributed by atoms with Crippen LogP contribution in [0, 0.1) is 5.92 Å². The van der Waals surface area contributed by atoms with Gasteiger partial charge in [0.05, 0.1) is 0 Å². The SMILES string of the molecule is CCCNC1CC(CCC)CN(C(N)=O)C1. The largest absolute Gasteiger partial charge is 0.351 e. The van der Waals surface area contributed by atoms with Crippen molar-refractivity contribution in [3.05, 3.63) is 0 Å². The lowest BCUT2D eigenvalue weighted by Crippen LogP contribution is -2.52. The third-order valence-electron chi connectivity index (χ3n) is 3.23. The van der Waals surface area contributed by atoms with Crippen molar-refractivity contribution in [2.24, 2.45) is 11.7 Å². The van der Waals surface area contributed by atoms with E-state index < -0.39 is 0 Å². The number of primary amides is 1. The number of likely N-dealkylation sites (tertiary alicyclic amines) is 1. The van der Waals surface area contributed by atoms with Crippen molar-refractivity contribution in [1.82, 2.24) is 10.2 Å². The second-order valence-corrected chi connectivity index (χ2v) is 4.78. The van der Waals surface area contributed by atoms with Gasteiger partial charge in [-0.3, -0.25) is 0 Å². The van der Waals surface area contributed by atoms with Gasteiger partial charge in [-0.15, -0.1) is 0 Å². The van der Waals surface area contributed by atoms with E-state index in [4.69, 9.17) is 5.73 Å². The van der Waals surface area contributed by atoms with Crippen LogP contribution in [0.1, 0.15) is 39.5 Å². The van der Waals surface area contributed by atoms with Crippen LogP contribution in [-0.4, -0.2) is 36.6 Å². The summed E-state index contributed by atoms with van der Waals surface area (Å²) in [5, 5.41) is 3.50. The molecule has 2 atom stereocenters. The molecule has 16 heavy (non-hydrogen) atoms. The number of hydrogen-bond acceptors (Lipinski definition) is 2. The van der Waals surface area contributed by atoms with E-state index in [9.17, 15) is 4.79 Å². The van der Waals surface area contributed by atoms with Gasteiger partial charge in [0.15, 0.2) is 0 Å². The van der Waals surface area contributed by atoms with Gasteiger partial charge in [0.2, 0.25) is 0 Å². The molecule has 0 saturated carbocycles. The van der Waals surface area contributed by atoms with Crippen molar-refractivity contribution in [2.75, 3.05) is 19.6 Å². The molecule has 0 aromatic carbocycles. The van der Waals surface area contributed by atoms with Crippen molar-refractivity contribution in [3.8, 4) is 0 Å². The van der Waals surface area contributed by atoms with Crippen LogP contribution in [0.5, 0.6) is 0 Å². The second-order valence-electron chi connectivity index (χ2n) is 4.78. The van der Waals surface area contributed by atoms with Gasteiger partial charge in [0, 0.05) is 19.1 Å². The summed E-state index contributed by atoms with van der Waals surface area (Å²) in [6.45, 7) is 6.99. The van der Waals surface area contributed by atoms with Crippen LogP contribution in [0.3, 0.4) is 0 Å². The Balaban J connectivity index is 2.48. The fourth-order valence-corrected chi connectivity index (χ4v) is 2.50. The van der Waals surface area contributed by atoms with Crippen molar-refractivity contribution >= 4 is 6.03 Å². The Kier molecular flexibility index (Phi) is 5.60. The Morgan fingerprint density at radius 1 is 1.38 bits per heavy atom. The molecule has 4 nitrogen and oxygen atoms in total. The molecule has 0 aliphatic carbocycles. The Labute approximate surface area is 98.6 Å². The zero-order valence-electron chi connectivity index (χ0n) is 10.5. The summed E-state index contributed by atoms with van der Waals surface area (Å²) in [7, 11) is 0. The molecule has 1 aliphatic heterocycles. The predicted molar refractivity (Wildman–Crippen MR) is 66.3 cm³/mol. The second kappa shape index (κ2) is 6.74. The fourth-order valence-electron chi connectivity index (χ4n) is 2.50. The van der Waals surface area contributed by atoms with E-state index in [0.717, 1.165) is 26.1 Å². The summed E-state index contributed by atoms with van der Waals surface area (Å²) >= 11 is 0. The van der Waals surface area contributed by atoms with Gasteiger partial charge in [0.1, 0.15) is 0 Å². The molecule has 2 unspecified atom stereocenters. The van der Waals surface area contributed by atoms with E-state index in [-0.39, 0.29) is 6.03 Å². The van der Waals surface area contributed by atoms with E-state index >= 15 is 0 Å². The van der Waals surface area contributed by atoms with Crippen LogP contribution in [-0.2, 0) is 0 Å². The molecule has 0 aromatic rings. The zero-order chi connectivity index (χ0) is 12.0. The van der Waals surface area contributed by atoms with Crippen molar-refractivity contribution in [3.63, 3.8) is 0 Å². The van der Waals surface area contributed by atoms with Gasteiger partial charge < -0.3 is 16.0 Å². The van der Waals surface area contributed by atoms with Crippen LogP contribution in [0.4, 0.5) is 4.79 Å².